The Kier molecular flexibility index (Phi) is 2.92. The molecule has 0 saturated carbocycles. The van der Waals surface area contributed by atoms with Gasteiger partial charge >= 0.3 is 0 Å². The van der Waals surface area contributed by atoms with Crippen molar-refractivity contribution in [3.8, 4) is 0 Å². The third kappa shape index (κ3) is 6.50. The number of thiol groups is 1. The predicted octanol–water partition coefficient (Wildman–Crippen LogP) is 1.38. The van der Waals surface area contributed by atoms with Gasteiger partial charge in [-0.05, 0) is 0 Å². The third-order valence-electron chi connectivity index (χ3n) is 0.311. The van der Waals surface area contributed by atoms with E-state index in [0.717, 1.165) is 0 Å². The van der Waals surface area contributed by atoms with Gasteiger partial charge in [0.15, 0.2) is 0 Å². The summed E-state index contributed by atoms with van der Waals surface area (Å²) in [6.45, 7) is 6.09. The molecule has 0 amide bonds. The van der Waals surface area contributed by atoms with E-state index in [1.807, 2.05) is 20.8 Å². The molecule has 3 heteroatoms. The van der Waals surface area contributed by atoms with Gasteiger partial charge in [-0.15, -0.1) is 0 Å². The monoisotopic (exact) mass is 138 g/mol. The van der Waals surface area contributed by atoms with Crippen LogP contribution in [-0.2, 0) is 10.7 Å². The molecule has 44 valence electrons. The van der Waals surface area contributed by atoms with E-state index in [2.05, 4.69) is 0 Å². The highest BCUT2D eigenvalue weighted by atomic mass is 33.1. The van der Waals surface area contributed by atoms with Crippen LogP contribution in [0.2, 0.25) is 0 Å². The van der Waals surface area contributed by atoms with Crippen molar-refractivity contribution >= 4 is 21.5 Å². The average molecular weight is 138 g/mol. The molecule has 0 aromatic carbocycles. The van der Waals surface area contributed by atoms with Gasteiger partial charge in [0.25, 0.3) is 0 Å². The Morgan fingerprint density at radius 2 is 1.86 bits per heavy atom. The maximum Gasteiger partial charge on any atom is 0.0676 e. The van der Waals surface area contributed by atoms with Gasteiger partial charge in [0.2, 0.25) is 0 Å². The largest absolute Gasteiger partial charge is 0.251 e. The van der Waals surface area contributed by atoms with E-state index in [1.54, 1.807) is 0 Å². The lowest BCUT2D eigenvalue weighted by molar-refractivity contribution is 0.700. The Hall–Kier alpha value is 0.500. The number of hydrogen-bond acceptors (Lipinski definition) is 2. The van der Waals surface area contributed by atoms with E-state index in [4.69, 9.17) is 0 Å². The van der Waals surface area contributed by atoms with Crippen molar-refractivity contribution in [2.75, 3.05) is 0 Å². The van der Waals surface area contributed by atoms with Gasteiger partial charge in [0, 0.05) is 4.75 Å². The van der Waals surface area contributed by atoms with Crippen LogP contribution in [0.25, 0.3) is 0 Å². The molecule has 0 unspecified atom stereocenters. The van der Waals surface area contributed by atoms with Crippen LogP contribution in [0.1, 0.15) is 20.8 Å². The van der Waals surface area contributed by atoms with Crippen LogP contribution >= 0.6 is 10.8 Å². The highest BCUT2D eigenvalue weighted by Crippen LogP contribution is 2.20. The molecule has 0 aliphatic rings. The minimum atomic E-state index is 0.142. The van der Waals surface area contributed by atoms with Crippen LogP contribution in [0.4, 0.5) is 0 Å². The molecule has 0 aromatic rings. The number of rotatable bonds is 1. The molecule has 0 N–H and O–H groups in total. The molecule has 0 radical (unpaired) electrons. The third-order valence-corrected chi connectivity index (χ3v) is 2.80. The van der Waals surface area contributed by atoms with Crippen LogP contribution in [-0.4, -0.2) is 8.96 Å². The maximum absolute atomic E-state index is 9.88. The molecule has 0 fully saturated rings. The summed E-state index contributed by atoms with van der Waals surface area (Å²) in [7, 11) is 1.58. The normalized spacial score (nSPS) is 11.9. The van der Waals surface area contributed by atoms with E-state index in [0.29, 0.717) is 0 Å². The summed E-state index contributed by atoms with van der Waals surface area (Å²) in [5.41, 5.74) is 0. The Balaban J connectivity index is 3.34. The van der Waals surface area contributed by atoms with Crippen molar-refractivity contribution in [1.82, 2.24) is 0 Å². The lowest BCUT2D eigenvalue weighted by atomic mass is 10.3. The standard InChI is InChI=1S/C4H10OS2/c1-4(2,3)6-7-5/h7H,1-3H3. The van der Waals surface area contributed by atoms with E-state index in [-0.39, 0.29) is 15.4 Å². The average Bonchev–Trinajstić information content (AvgIpc) is 1.30. The summed E-state index contributed by atoms with van der Waals surface area (Å²) in [5, 5.41) is 0. The van der Waals surface area contributed by atoms with Gasteiger partial charge in [-0.2, -0.15) is 0 Å². The highest BCUT2D eigenvalue weighted by Gasteiger charge is 2.07. The smallest absolute Gasteiger partial charge is 0.0676 e. The van der Waals surface area contributed by atoms with Crippen molar-refractivity contribution in [2.24, 2.45) is 0 Å². The molecule has 0 heterocycles. The molecule has 0 spiro atoms. The second kappa shape index (κ2) is 2.72. The molecule has 0 bridgehead atoms. The molecule has 0 saturated heterocycles. The molecule has 0 rings (SSSR count). The van der Waals surface area contributed by atoms with Crippen molar-refractivity contribution in [1.29, 1.82) is 0 Å². The van der Waals surface area contributed by atoms with E-state index >= 15 is 0 Å². The summed E-state index contributed by atoms with van der Waals surface area (Å²) >= 11 is 0. The fraction of sp³-hybridized carbons (Fsp3) is 1.00. The maximum atomic E-state index is 9.88. The van der Waals surface area contributed by atoms with Crippen molar-refractivity contribution in [3.63, 3.8) is 0 Å². The molecule has 1 nitrogen and oxygen atoms in total. The fourth-order valence-corrected chi connectivity index (χ4v) is 1.01. The summed E-state index contributed by atoms with van der Waals surface area (Å²) in [6, 6.07) is 0. The SMILES string of the molecule is CC(C)(C)S[SH]=O. The zero-order chi connectivity index (χ0) is 5.91. The predicted molar refractivity (Wildman–Crippen MR) is 36.9 cm³/mol. The lowest BCUT2D eigenvalue weighted by Gasteiger charge is -2.10. The van der Waals surface area contributed by atoms with Crippen molar-refractivity contribution < 1.29 is 4.21 Å². The molecule has 0 atom stereocenters. The number of hydrogen-bond donors (Lipinski definition) is 1. The Morgan fingerprint density at radius 3 is 1.86 bits per heavy atom. The summed E-state index contributed by atoms with van der Waals surface area (Å²) in [6.07, 6.45) is 0. The zero-order valence-electron chi connectivity index (χ0n) is 4.76. The molecule has 0 aromatic heterocycles. The van der Waals surface area contributed by atoms with Crippen LogP contribution in [0.15, 0.2) is 0 Å². The van der Waals surface area contributed by atoms with Crippen LogP contribution in [0.5, 0.6) is 0 Å². The molecular weight excluding hydrogens is 128 g/mol. The first-order valence-corrected chi connectivity index (χ1v) is 4.30. The van der Waals surface area contributed by atoms with Crippen LogP contribution in [0, 0.1) is 0 Å². The van der Waals surface area contributed by atoms with E-state index in [9.17, 15) is 4.21 Å². The fourth-order valence-electron chi connectivity index (χ4n) is 0.112. The Morgan fingerprint density at radius 1 is 1.43 bits per heavy atom. The van der Waals surface area contributed by atoms with Crippen LogP contribution < -0.4 is 0 Å². The van der Waals surface area contributed by atoms with Gasteiger partial charge in [-0.1, -0.05) is 31.6 Å². The topological polar surface area (TPSA) is 17.1 Å². The molecular formula is C4H10OS2. The Labute approximate surface area is 51.8 Å². The first-order valence-electron chi connectivity index (χ1n) is 2.07. The van der Waals surface area contributed by atoms with Crippen molar-refractivity contribution in [2.45, 2.75) is 25.5 Å². The minimum Gasteiger partial charge on any atom is -0.251 e. The second-order valence-corrected chi connectivity index (χ2v) is 4.83. The van der Waals surface area contributed by atoms with Gasteiger partial charge in [0.05, 0.1) is 10.7 Å². The van der Waals surface area contributed by atoms with Crippen molar-refractivity contribution in [3.05, 3.63) is 0 Å². The minimum absolute atomic E-state index is 0.142. The van der Waals surface area contributed by atoms with E-state index in [1.165, 1.54) is 10.8 Å². The summed E-state index contributed by atoms with van der Waals surface area (Å²) < 4.78 is 10.0. The van der Waals surface area contributed by atoms with Gasteiger partial charge < -0.3 is 0 Å². The lowest BCUT2D eigenvalue weighted by Crippen LogP contribution is -2.04. The Bertz CT molecular complexity index is 64.6. The molecule has 0 aliphatic carbocycles. The zero-order valence-corrected chi connectivity index (χ0v) is 6.47. The first kappa shape index (κ1) is 7.50. The first-order chi connectivity index (χ1) is 3.06. The second-order valence-electron chi connectivity index (χ2n) is 2.28. The summed E-state index contributed by atoms with van der Waals surface area (Å²) in [5.74, 6) is 0. The van der Waals surface area contributed by atoms with Crippen LogP contribution in [0.3, 0.4) is 0 Å². The molecule has 0 aliphatic heterocycles. The highest BCUT2D eigenvalue weighted by molar-refractivity contribution is 8.62. The van der Waals surface area contributed by atoms with Gasteiger partial charge in [-0.25, -0.2) is 0 Å². The quantitative estimate of drug-likeness (QED) is 0.435. The van der Waals surface area contributed by atoms with Gasteiger partial charge in [0.1, 0.15) is 0 Å². The van der Waals surface area contributed by atoms with E-state index < -0.39 is 0 Å². The molecule has 7 heavy (non-hydrogen) atoms. The van der Waals surface area contributed by atoms with Gasteiger partial charge in [-0.3, -0.25) is 4.21 Å². The summed E-state index contributed by atoms with van der Waals surface area (Å²) in [4.78, 5) is 0.